The van der Waals surface area contributed by atoms with Crippen molar-refractivity contribution in [1.82, 2.24) is 14.6 Å². The molecule has 3 heterocycles. The van der Waals surface area contributed by atoms with Crippen LogP contribution < -0.4 is 11.1 Å². The number of thiophene rings is 1. The van der Waals surface area contributed by atoms with Crippen molar-refractivity contribution in [2.75, 3.05) is 5.32 Å². The summed E-state index contributed by atoms with van der Waals surface area (Å²) in [5.41, 5.74) is 7.68. The third-order valence-corrected chi connectivity index (χ3v) is 6.39. The van der Waals surface area contributed by atoms with Crippen LogP contribution in [0.5, 0.6) is 0 Å². The van der Waals surface area contributed by atoms with Gasteiger partial charge in [-0.1, -0.05) is 17.7 Å². The summed E-state index contributed by atoms with van der Waals surface area (Å²) in [5.74, 6) is 0.617. The van der Waals surface area contributed by atoms with Crippen molar-refractivity contribution in [1.29, 1.82) is 0 Å². The summed E-state index contributed by atoms with van der Waals surface area (Å²) in [6.07, 6.45) is 2.04. The minimum absolute atomic E-state index is 0.101. The largest absolute Gasteiger partial charge is 0.363 e. The standard InChI is InChI=1S/C18H20Cl2FN5S/c1-10-13(7-11(22)8-18(21)4-5-18)15(19)26-14(10)16(24-17(20)25-26)23-9-12-3-2-6-27-12/h2-3,6,11H,4-5,7-9,22H2,1H3,(H,23,24,25)/t11-/m1/s1. The molecule has 0 aromatic carbocycles. The normalized spacial score (nSPS) is 16.6. The van der Waals surface area contributed by atoms with Gasteiger partial charge in [0.25, 0.3) is 0 Å². The molecule has 3 N–H and O–H groups in total. The fourth-order valence-corrected chi connectivity index (χ4v) is 4.54. The number of alkyl halides is 1. The molecular weight excluding hydrogens is 408 g/mol. The van der Waals surface area contributed by atoms with Gasteiger partial charge in [0.2, 0.25) is 5.28 Å². The zero-order chi connectivity index (χ0) is 19.2. The van der Waals surface area contributed by atoms with Gasteiger partial charge in [-0.25, -0.2) is 8.91 Å². The maximum Gasteiger partial charge on any atom is 0.243 e. The van der Waals surface area contributed by atoms with Gasteiger partial charge in [0.05, 0.1) is 6.54 Å². The lowest BCUT2D eigenvalue weighted by molar-refractivity contribution is 0.270. The molecule has 0 aliphatic heterocycles. The second-order valence-corrected chi connectivity index (χ2v) is 8.86. The fourth-order valence-electron chi connectivity index (χ4n) is 3.39. The summed E-state index contributed by atoms with van der Waals surface area (Å²) in [6.45, 7) is 2.58. The minimum Gasteiger partial charge on any atom is -0.363 e. The molecule has 1 aliphatic carbocycles. The SMILES string of the molecule is Cc1c(C[C@@H](N)CC2(F)CC2)c(Cl)n2nc(Cl)nc(NCc3cccs3)c12. The van der Waals surface area contributed by atoms with Crippen LogP contribution in [0.2, 0.25) is 10.4 Å². The lowest BCUT2D eigenvalue weighted by atomic mass is 10.00. The lowest BCUT2D eigenvalue weighted by Gasteiger charge is -2.14. The number of anilines is 1. The van der Waals surface area contributed by atoms with Crippen molar-refractivity contribution < 1.29 is 4.39 Å². The molecule has 144 valence electrons. The van der Waals surface area contributed by atoms with Gasteiger partial charge in [-0.3, -0.25) is 0 Å². The molecule has 1 saturated carbocycles. The predicted molar refractivity (Wildman–Crippen MR) is 109 cm³/mol. The monoisotopic (exact) mass is 427 g/mol. The van der Waals surface area contributed by atoms with Gasteiger partial charge >= 0.3 is 0 Å². The maximum absolute atomic E-state index is 14.0. The summed E-state index contributed by atoms with van der Waals surface area (Å²) in [5, 5.41) is 10.1. The summed E-state index contributed by atoms with van der Waals surface area (Å²) >= 11 is 14.3. The molecule has 1 fully saturated rings. The van der Waals surface area contributed by atoms with Gasteiger partial charge in [0.1, 0.15) is 16.3 Å². The Bertz CT molecular complexity index is 968. The van der Waals surface area contributed by atoms with Crippen LogP contribution >= 0.6 is 34.5 Å². The Hall–Kier alpha value is -1.41. The second kappa shape index (κ2) is 7.20. The number of aryl methyl sites for hydroxylation is 1. The number of halogens is 3. The van der Waals surface area contributed by atoms with Crippen molar-refractivity contribution in [3.8, 4) is 0 Å². The third kappa shape index (κ3) is 3.92. The minimum atomic E-state index is -1.09. The number of aromatic nitrogens is 3. The Balaban J connectivity index is 1.65. The molecule has 3 aromatic rings. The van der Waals surface area contributed by atoms with E-state index in [0.29, 0.717) is 43.2 Å². The van der Waals surface area contributed by atoms with E-state index < -0.39 is 5.67 Å². The average Bonchev–Trinajstić information content (AvgIpc) is 3.04. The van der Waals surface area contributed by atoms with Gasteiger partial charge in [-0.05, 0) is 66.8 Å². The molecule has 0 bridgehead atoms. The Morgan fingerprint density at radius 1 is 1.44 bits per heavy atom. The molecule has 27 heavy (non-hydrogen) atoms. The van der Waals surface area contributed by atoms with Gasteiger partial charge in [-0.2, -0.15) is 4.98 Å². The molecule has 4 rings (SSSR count). The molecule has 9 heteroatoms. The molecule has 1 aliphatic rings. The smallest absolute Gasteiger partial charge is 0.243 e. The maximum atomic E-state index is 14.0. The highest BCUT2D eigenvalue weighted by molar-refractivity contribution is 7.09. The van der Waals surface area contributed by atoms with E-state index in [9.17, 15) is 4.39 Å². The van der Waals surface area contributed by atoms with Crippen molar-refractivity contribution in [3.05, 3.63) is 44.0 Å². The van der Waals surface area contributed by atoms with Gasteiger partial charge < -0.3 is 11.1 Å². The zero-order valence-electron chi connectivity index (χ0n) is 14.8. The van der Waals surface area contributed by atoms with Crippen molar-refractivity contribution in [2.24, 2.45) is 5.73 Å². The van der Waals surface area contributed by atoms with Crippen LogP contribution in [0.15, 0.2) is 17.5 Å². The first-order chi connectivity index (χ1) is 12.9. The molecule has 5 nitrogen and oxygen atoms in total. The van der Waals surface area contributed by atoms with Crippen LogP contribution in [-0.4, -0.2) is 26.3 Å². The van der Waals surface area contributed by atoms with E-state index in [-0.39, 0.29) is 11.3 Å². The number of nitrogens with one attached hydrogen (secondary N) is 1. The number of fused-ring (bicyclic) bond motifs is 1. The number of hydrogen-bond donors (Lipinski definition) is 2. The molecular formula is C18H20Cl2FN5S. The van der Waals surface area contributed by atoms with E-state index in [1.165, 1.54) is 4.88 Å². The Kier molecular flexibility index (Phi) is 5.05. The third-order valence-electron chi connectivity index (χ3n) is 4.96. The van der Waals surface area contributed by atoms with E-state index in [1.807, 2.05) is 24.4 Å². The van der Waals surface area contributed by atoms with Crippen LogP contribution in [0.25, 0.3) is 5.52 Å². The number of hydrogen-bond acceptors (Lipinski definition) is 5. The molecule has 0 unspecified atom stereocenters. The summed E-state index contributed by atoms with van der Waals surface area (Å²) in [7, 11) is 0. The molecule has 0 amide bonds. The second-order valence-electron chi connectivity index (χ2n) is 7.14. The van der Waals surface area contributed by atoms with E-state index >= 15 is 0 Å². The fraction of sp³-hybridized carbons (Fsp3) is 0.444. The number of nitrogens with two attached hydrogens (primary N) is 1. The predicted octanol–water partition coefficient (Wildman–Crippen LogP) is 4.78. The van der Waals surface area contributed by atoms with Crippen molar-refractivity contribution >= 4 is 45.9 Å². The van der Waals surface area contributed by atoms with Crippen LogP contribution in [0.1, 0.15) is 35.3 Å². The van der Waals surface area contributed by atoms with Crippen LogP contribution in [0.3, 0.4) is 0 Å². The highest BCUT2D eigenvalue weighted by Crippen LogP contribution is 2.44. The number of nitrogens with zero attached hydrogens (tertiary/aromatic N) is 3. The quantitative estimate of drug-likeness (QED) is 0.568. The van der Waals surface area contributed by atoms with Gasteiger partial charge in [0.15, 0.2) is 5.82 Å². The highest BCUT2D eigenvalue weighted by Gasteiger charge is 2.44. The van der Waals surface area contributed by atoms with E-state index in [1.54, 1.807) is 15.9 Å². The van der Waals surface area contributed by atoms with Crippen LogP contribution in [0, 0.1) is 6.92 Å². The lowest BCUT2D eigenvalue weighted by Crippen LogP contribution is -2.27. The summed E-state index contributed by atoms with van der Waals surface area (Å²) in [6, 6.07) is 3.75. The molecule has 0 radical (unpaired) electrons. The van der Waals surface area contributed by atoms with Crippen LogP contribution in [0.4, 0.5) is 10.2 Å². The number of rotatable bonds is 7. The molecule has 1 atom stereocenters. The van der Waals surface area contributed by atoms with Crippen molar-refractivity contribution in [3.63, 3.8) is 0 Å². The Labute approximate surface area is 170 Å². The first-order valence-electron chi connectivity index (χ1n) is 8.80. The van der Waals surface area contributed by atoms with Crippen LogP contribution in [-0.2, 0) is 13.0 Å². The van der Waals surface area contributed by atoms with E-state index in [0.717, 1.165) is 16.6 Å². The van der Waals surface area contributed by atoms with Crippen molar-refractivity contribution in [2.45, 2.75) is 50.9 Å². The summed E-state index contributed by atoms with van der Waals surface area (Å²) in [4.78, 5) is 5.52. The zero-order valence-corrected chi connectivity index (χ0v) is 17.1. The molecule has 3 aromatic heterocycles. The van der Waals surface area contributed by atoms with E-state index in [2.05, 4.69) is 15.4 Å². The Morgan fingerprint density at radius 3 is 2.89 bits per heavy atom. The van der Waals surface area contributed by atoms with E-state index in [4.69, 9.17) is 28.9 Å². The van der Waals surface area contributed by atoms with Gasteiger partial charge in [0, 0.05) is 10.9 Å². The summed E-state index contributed by atoms with van der Waals surface area (Å²) < 4.78 is 15.6. The average molecular weight is 428 g/mol. The Morgan fingerprint density at radius 2 is 2.22 bits per heavy atom. The molecule has 0 spiro atoms. The first-order valence-corrected chi connectivity index (χ1v) is 10.4. The molecule has 0 saturated heterocycles. The highest BCUT2D eigenvalue weighted by atomic mass is 35.5. The van der Waals surface area contributed by atoms with Gasteiger partial charge in [-0.15, -0.1) is 16.4 Å². The first kappa shape index (κ1) is 18.9. The topological polar surface area (TPSA) is 68.2 Å².